The van der Waals surface area contributed by atoms with Crippen LogP contribution in [0, 0.1) is 0 Å². The van der Waals surface area contributed by atoms with Crippen molar-refractivity contribution in [3.05, 3.63) is 29.3 Å². The number of halogens is 1. The molecule has 0 heterocycles. The van der Waals surface area contributed by atoms with Crippen molar-refractivity contribution in [1.82, 2.24) is 0 Å². The summed E-state index contributed by atoms with van der Waals surface area (Å²) in [7, 11) is 0. The number of benzene rings is 1. The molecule has 1 aliphatic rings. The van der Waals surface area contributed by atoms with Gasteiger partial charge in [0.05, 0.1) is 22.9 Å². The van der Waals surface area contributed by atoms with Gasteiger partial charge >= 0.3 is 0 Å². The highest BCUT2D eigenvalue weighted by atomic mass is 35.5. The highest BCUT2D eigenvalue weighted by Crippen LogP contribution is 2.27. The van der Waals surface area contributed by atoms with E-state index < -0.39 is 0 Å². The molecule has 3 heteroatoms. The van der Waals surface area contributed by atoms with Crippen LogP contribution in [-0.4, -0.2) is 17.3 Å². The molecule has 0 unspecified atom stereocenters. The SMILES string of the molecule is O[C@@H]1CC[C@H]1Nc1ccccc1Cl. The van der Waals surface area contributed by atoms with Gasteiger partial charge in [0.25, 0.3) is 0 Å². The molecule has 1 aromatic rings. The fourth-order valence-electron chi connectivity index (χ4n) is 1.43. The Kier molecular flexibility index (Phi) is 2.42. The summed E-state index contributed by atoms with van der Waals surface area (Å²) in [5, 5.41) is 13.3. The summed E-state index contributed by atoms with van der Waals surface area (Å²) < 4.78 is 0. The molecular formula is C10H12ClNO. The lowest BCUT2D eigenvalue weighted by atomic mass is 9.89. The first-order valence-corrected chi connectivity index (χ1v) is 4.84. The number of aliphatic hydroxyl groups excluding tert-OH is 1. The standard InChI is InChI=1S/C10H12ClNO/c11-7-3-1-2-4-8(7)12-9-5-6-10(9)13/h1-4,9-10,12-13H,5-6H2/t9-,10-/m1/s1. The first-order chi connectivity index (χ1) is 6.27. The lowest BCUT2D eigenvalue weighted by Gasteiger charge is -2.34. The highest BCUT2D eigenvalue weighted by Gasteiger charge is 2.28. The second kappa shape index (κ2) is 3.56. The van der Waals surface area contributed by atoms with Crippen LogP contribution in [0.1, 0.15) is 12.8 Å². The molecule has 1 saturated carbocycles. The molecule has 2 nitrogen and oxygen atoms in total. The normalized spacial score (nSPS) is 26.6. The zero-order valence-electron chi connectivity index (χ0n) is 7.20. The third kappa shape index (κ3) is 1.79. The maximum atomic E-state index is 9.35. The van der Waals surface area contributed by atoms with Crippen molar-refractivity contribution in [2.45, 2.75) is 25.0 Å². The first-order valence-electron chi connectivity index (χ1n) is 4.46. The van der Waals surface area contributed by atoms with Gasteiger partial charge in [-0.2, -0.15) is 0 Å². The van der Waals surface area contributed by atoms with E-state index in [2.05, 4.69) is 5.32 Å². The average molecular weight is 198 g/mol. The monoisotopic (exact) mass is 197 g/mol. The summed E-state index contributed by atoms with van der Waals surface area (Å²) >= 11 is 5.95. The molecule has 70 valence electrons. The topological polar surface area (TPSA) is 32.3 Å². The summed E-state index contributed by atoms with van der Waals surface area (Å²) in [5.74, 6) is 0. The molecule has 0 aliphatic heterocycles. The molecule has 0 bridgehead atoms. The molecule has 0 amide bonds. The number of aliphatic hydroxyl groups is 1. The average Bonchev–Trinajstić information content (AvgIpc) is 2.14. The molecular weight excluding hydrogens is 186 g/mol. The highest BCUT2D eigenvalue weighted by molar-refractivity contribution is 6.33. The maximum absolute atomic E-state index is 9.35. The van der Waals surface area contributed by atoms with Crippen LogP contribution in [0.3, 0.4) is 0 Å². The van der Waals surface area contributed by atoms with Crippen LogP contribution in [0.2, 0.25) is 5.02 Å². The van der Waals surface area contributed by atoms with Crippen molar-refractivity contribution in [3.63, 3.8) is 0 Å². The molecule has 2 N–H and O–H groups in total. The second-order valence-corrected chi connectivity index (χ2v) is 3.78. The van der Waals surface area contributed by atoms with Crippen LogP contribution >= 0.6 is 11.6 Å². The smallest absolute Gasteiger partial charge is 0.0742 e. The maximum Gasteiger partial charge on any atom is 0.0742 e. The van der Waals surface area contributed by atoms with Gasteiger partial charge in [-0.3, -0.25) is 0 Å². The fourth-order valence-corrected chi connectivity index (χ4v) is 1.62. The van der Waals surface area contributed by atoms with Crippen molar-refractivity contribution in [1.29, 1.82) is 0 Å². The predicted octanol–water partition coefficient (Wildman–Crippen LogP) is 2.28. The molecule has 13 heavy (non-hydrogen) atoms. The van der Waals surface area contributed by atoms with Gasteiger partial charge in [0.15, 0.2) is 0 Å². The number of anilines is 1. The second-order valence-electron chi connectivity index (χ2n) is 3.38. The van der Waals surface area contributed by atoms with Gasteiger partial charge in [0, 0.05) is 0 Å². The molecule has 0 aromatic heterocycles. The van der Waals surface area contributed by atoms with E-state index in [1.54, 1.807) is 0 Å². The molecule has 0 radical (unpaired) electrons. The van der Waals surface area contributed by atoms with E-state index in [0.29, 0.717) is 5.02 Å². The van der Waals surface area contributed by atoms with Gasteiger partial charge < -0.3 is 10.4 Å². The minimum atomic E-state index is -0.212. The summed E-state index contributed by atoms with van der Waals surface area (Å²) in [4.78, 5) is 0. The zero-order valence-corrected chi connectivity index (χ0v) is 7.96. The van der Waals surface area contributed by atoms with Crippen molar-refractivity contribution < 1.29 is 5.11 Å². The molecule has 2 atom stereocenters. The number of para-hydroxylation sites is 1. The number of nitrogens with one attached hydrogen (secondary N) is 1. The van der Waals surface area contributed by atoms with E-state index in [-0.39, 0.29) is 12.1 Å². The fraction of sp³-hybridized carbons (Fsp3) is 0.400. The third-order valence-electron chi connectivity index (χ3n) is 2.45. The number of hydrogen-bond donors (Lipinski definition) is 2. The van der Waals surface area contributed by atoms with E-state index in [0.717, 1.165) is 18.5 Å². The van der Waals surface area contributed by atoms with Crippen LogP contribution in [-0.2, 0) is 0 Å². The minimum absolute atomic E-state index is 0.180. The quantitative estimate of drug-likeness (QED) is 0.763. The van der Waals surface area contributed by atoms with E-state index in [4.69, 9.17) is 11.6 Å². The summed E-state index contributed by atoms with van der Waals surface area (Å²) in [5.41, 5.74) is 0.910. The van der Waals surface area contributed by atoms with Crippen LogP contribution in [0.25, 0.3) is 0 Å². The van der Waals surface area contributed by atoms with Crippen molar-refractivity contribution >= 4 is 17.3 Å². The van der Waals surface area contributed by atoms with Crippen LogP contribution in [0.4, 0.5) is 5.69 Å². The largest absolute Gasteiger partial charge is 0.391 e. The summed E-state index contributed by atoms with van der Waals surface area (Å²) in [6.07, 6.45) is 1.70. The van der Waals surface area contributed by atoms with Gasteiger partial charge in [-0.1, -0.05) is 23.7 Å². The van der Waals surface area contributed by atoms with E-state index in [1.807, 2.05) is 24.3 Å². The van der Waals surface area contributed by atoms with E-state index in [9.17, 15) is 5.11 Å². The van der Waals surface area contributed by atoms with Gasteiger partial charge in [-0.25, -0.2) is 0 Å². The van der Waals surface area contributed by atoms with Gasteiger partial charge in [0.1, 0.15) is 0 Å². The van der Waals surface area contributed by atoms with E-state index in [1.165, 1.54) is 0 Å². The van der Waals surface area contributed by atoms with Crippen LogP contribution in [0.15, 0.2) is 24.3 Å². The molecule has 0 spiro atoms. The van der Waals surface area contributed by atoms with Gasteiger partial charge in [0.2, 0.25) is 0 Å². The molecule has 1 aliphatic carbocycles. The Morgan fingerprint density at radius 1 is 1.31 bits per heavy atom. The van der Waals surface area contributed by atoms with Crippen molar-refractivity contribution in [3.8, 4) is 0 Å². The summed E-state index contributed by atoms with van der Waals surface area (Å²) in [6.45, 7) is 0. The Morgan fingerprint density at radius 2 is 2.08 bits per heavy atom. The van der Waals surface area contributed by atoms with Gasteiger partial charge in [-0.15, -0.1) is 0 Å². The molecule has 1 aromatic carbocycles. The van der Waals surface area contributed by atoms with Crippen LogP contribution < -0.4 is 5.32 Å². The predicted molar refractivity (Wildman–Crippen MR) is 54.1 cm³/mol. The zero-order chi connectivity index (χ0) is 9.26. The Labute approximate surface area is 82.5 Å². The Morgan fingerprint density at radius 3 is 2.62 bits per heavy atom. The van der Waals surface area contributed by atoms with Crippen molar-refractivity contribution in [2.75, 3.05) is 5.32 Å². The Hall–Kier alpha value is -0.730. The molecule has 2 rings (SSSR count). The van der Waals surface area contributed by atoms with Crippen molar-refractivity contribution in [2.24, 2.45) is 0 Å². The third-order valence-corrected chi connectivity index (χ3v) is 2.78. The number of rotatable bonds is 2. The summed E-state index contributed by atoms with van der Waals surface area (Å²) in [6, 6.07) is 7.77. The first kappa shape index (κ1) is 8.85. The number of hydrogen-bond acceptors (Lipinski definition) is 2. The van der Waals surface area contributed by atoms with Gasteiger partial charge in [-0.05, 0) is 25.0 Å². The molecule has 1 fully saturated rings. The van der Waals surface area contributed by atoms with E-state index >= 15 is 0 Å². The molecule has 0 saturated heterocycles. The lowest BCUT2D eigenvalue weighted by Crippen LogP contribution is -2.42. The minimum Gasteiger partial charge on any atom is -0.391 e. The Balaban J connectivity index is 2.05. The van der Waals surface area contributed by atoms with Crippen LogP contribution in [0.5, 0.6) is 0 Å². The Bertz CT molecular complexity index is 303. The lowest BCUT2D eigenvalue weighted by molar-refractivity contribution is 0.0786.